The molecule has 0 spiro atoms. The van der Waals surface area contributed by atoms with Crippen LogP contribution < -0.4 is 4.74 Å². The second kappa shape index (κ2) is 5.51. The maximum absolute atomic E-state index is 9.17. The number of para-hydroxylation sites is 1. The molecule has 3 aromatic rings. The van der Waals surface area contributed by atoms with E-state index in [1.807, 2.05) is 54.6 Å². The molecule has 0 N–H and O–H groups in total. The normalized spacial score (nSPS) is 10.2. The van der Waals surface area contributed by atoms with Gasteiger partial charge in [0.15, 0.2) is 0 Å². The summed E-state index contributed by atoms with van der Waals surface area (Å²) in [5.41, 5.74) is 0.663. The van der Waals surface area contributed by atoms with Crippen LogP contribution in [-0.2, 0) is 0 Å². The molecule has 96 valence electrons. The molecule has 0 aliphatic heterocycles. The third-order valence-corrected chi connectivity index (χ3v) is 3.95. The van der Waals surface area contributed by atoms with E-state index in [0.29, 0.717) is 5.56 Å². The third kappa shape index (κ3) is 2.35. The Balaban J connectivity index is 2.14. The van der Waals surface area contributed by atoms with Crippen molar-refractivity contribution in [2.75, 3.05) is 0 Å². The molecule has 3 aromatic carbocycles. The van der Waals surface area contributed by atoms with Crippen molar-refractivity contribution in [3.63, 3.8) is 0 Å². The number of nitrogens with zero attached hydrogens (tertiary/aromatic N) is 1. The molecule has 20 heavy (non-hydrogen) atoms. The second-order valence-electron chi connectivity index (χ2n) is 4.30. The van der Waals surface area contributed by atoms with E-state index in [2.05, 4.69) is 28.7 Å². The molecule has 0 bridgehead atoms. The standard InChI is InChI=1S/C17H10INO/c18-15-7-3-4-8-17(15)20-16-10-9-12(11-19)13-5-1-2-6-14(13)16/h1-10H. The topological polar surface area (TPSA) is 33.0 Å². The highest BCUT2D eigenvalue weighted by atomic mass is 127. The van der Waals surface area contributed by atoms with Crippen LogP contribution in [0.3, 0.4) is 0 Å². The molecule has 0 heterocycles. The number of hydrogen-bond acceptors (Lipinski definition) is 2. The Morgan fingerprint density at radius 2 is 1.50 bits per heavy atom. The number of nitriles is 1. The SMILES string of the molecule is N#Cc1ccc(Oc2ccccc2I)c2ccccc12. The number of fused-ring (bicyclic) bond motifs is 1. The zero-order chi connectivity index (χ0) is 13.9. The van der Waals surface area contributed by atoms with Crippen molar-refractivity contribution < 1.29 is 4.74 Å². The zero-order valence-electron chi connectivity index (χ0n) is 10.5. The van der Waals surface area contributed by atoms with Gasteiger partial charge in [-0.25, -0.2) is 0 Å². The first kappa shape index (κ1) is 12.9. The molecule has 3 rings (SSSR count). The number of ether oxygens (including phenoxy) is 1. The molecule has 0 unspecified atom stereocenters. The molecular formula is C17H10INO. The van der Waals surface area contributed by atoms with Crippen LogP contribution >= 0.6 is 22.6 Å². The lowest BCUT2D eigenvalue weighted by Gasteiger charge is -2.11. The van der Waals surface area contributed by atoms with Gasteiger partial charge in [0.2, 0.25) is 0 Å². The summed E-state index contributed by atoms with van der Waals surface area (Å²) in [6.07, 6.45) is 0. The molecule has 0 radical (unpaired) electrons. The Morgan fingerprint density at radius 3 is 2.25 bits per heavy atom. The van der Waals surface area contributed by atoms with Gasteiger partial charge in [0, 0.05) is 10.8 Å². The summed E-state index contributed by atoms with van der Waals surface area (Å²) in [6.45, 7) is 0. The predicted molar refractivity (Wildman–Crippen MR) is 87.9 cm³/mol. The number of benzene rings is 3. The molecule has 2 nitrogen and oxygen atoms in total. The maximum Gasteiger partial charge on any atom is 0.140 e. The van der Waals surface area contributed by atoms with Crippen molar-refractivity contribution in [1.29, 1.82) is 5.26 Å². The zero-order valence-corrected chi connectivity index (χ0v) is 12.7. The van der Waals surface area contributed by atoms with Gasteiger partial charge in [0.1, 0.15) is 11.5 Å². The van der Waals surface area contributed by atoms with Crippen LogP contribution in [0.4, 0.5) is 0 Å². The summed E-state index contributed by atoms with van der Waals surface area (Å²) in [5.74, 6) is 1.59. The number of halogens is 1. The van der Waals surface area contributed by atoms with Gasteiger partial charge in [-0.1, -0.05) is 36.4 Å². The summed E-state index contributed by atoms with van der Waals surface area (Å²) in [6, 6.07) is 21.5. The lowest BCUT2D eigenvalue weighted by Crippen LogP contribution is -1.89. The van der Waals surface area contributed by atoms with Crippen LogP contribution in [0.5, 0.6) is 11.5 Å². The van der Waals surface area contributed by atoms with E-state index < -0.39 is 0 Å². The van der Waals surface area contributed by atoms with Crippen molar-refractivity contribution in [3.05, 3.63) is 69.8 Å². The summed E-state index contributed by atoms with van der Waals surface area (Å²) in [7, 11) is 0. The molecule has 0 amide bonds. The van der Waals surface area contributed by atoms with Crippen LogP contribution in [0.25, 0.3) is 10.8 Å². The van der Waals surface area contributed by atoms with Crippen LogP contribution in [-0.4, -0.2) is 0 Å². The summed E-state index contributed by atoms with van der Waals surface area (Å²) in [5, 5.41) is 11.0. The second-order valence-corrected chi connectivity index (χ2v) is 5.46. The lowest BCUT2D eigenvalue weighted by molar-refractivity contribution is 0.485. The average molecular weight is 371 g/mol. The van der Waals surface area contributed by atoms with E-state index in [9.17, 15) is 0 Å². The van der Waals surface area contributed by atoms with E-state index in [4.69, 9.17) is 10.00 Å². The van der Waals surface area contributed by atoms with Crippen molar-refractivity contribution >= 4 is 33.4 Å². The van der Waals surface area contributed by atoms with Gasteiger partial charge in [-0.15, -0.1) is 0 Å². The summed E-state index contributed by atoms with van der Waals surface area (Å²) >= 11 is 2.25. The van der Waals surface area contributed by atoms with E-state index in [1.54, 1.807) is 6.07 Å². The molecule has 0 atom stereocenters. The Labute approximate surface area is 130 Å². The van der Waals surface area contributed by atoms with Crippen LogP contribution in [0, 0.1) is 14.9 Å². The first-order chi connectivity index (χ1) is 9.79. The molecule has 0 fully saturated rings. The Morgan fingerprint density at radius 1 is 0.800 bits per heavy atom. The number of rotatable bonds is 2. The minimum absolute atomic E-state index is 0.663. The molecule has 0 aliphatic carbocycles. The van der Waals surface area contributed by atoms with Crippen LogP contribution in [0.15, 0.2) is 60.7 Å². The van der Waals surface area contributed by atoms with E-state index in [-0.39, 0.29) is 0 Å². The summed E-state index contributed by atoms with van der Waals surface area (Å²) in [4.78, 5) is 0. The predicted octanol–water partition coefficient (Wildman–Crippen LogP) is 5.11. The van der Waals surface area contributed by atoms with E-state index in [1.165, 1.54) is 0 Å². The van der Waals surface area contributed by atoms with Gasteiger partial charge in [-0.3, -0.25) is 0 Å². The molecule has 0 saturated heterocycles. The molecule has 0 aromatic heterocycles. The fraction of sp³-hybridized carbons (Fsp3) is 0. The van der Waals surface area contributed by atoms with Gasteiger partial charge in [-0.2, -0.15) is 5.26 Å². The van der Waals surface area contributed by atoms with Gasteiger partial charge in [0.05, 0.1) is 15.2 Å². The highest BCUT2D eigenvalue weighted by molar-refractivity contribution is 14.1. The smallest absolute Gasteiger partial charge is 0.140 e. The Hall–Kier alpha value is -2.06. The van der Waals surface area contributed by atoms with E-state index in [0.717, 1.165) is 25.8 Å². The highest BCUT2D eigenvalue weighted by Crippen LogP contribution is 2.33. The van der Waals surface area contributed by atoms with Crippen molar-refractivity contribution in [3.8, 4) is 17.6 Å². The van der Waals surface area contributed by atoms with Gasteiger partial charge in [-0.05, 0) is 46.9 Å². The lowest BCUT2D eigenvalue weighted by atomic mass is 10.0. The molecular weight excluding hydrogens is 361 g/mol. The largest absolute Gasteiger partial charge is 0.456 e. The summed E-state index contributed by atoms with van der Waals surface area (Å²) < 4.78 is 7.06. The highest BCUT2D eigenvalue weighted by Gasteiger charge is 2.08. The average Bonchev–Trinajstić information content (AvgIpc) is 2.50. The molecule has 0 aliphatic rings. The fourth-order valence-electron chi connectivity index (χ4n) is 2.10. The fourth-order valence-corrected chi connectivity index (χ4v) is 2.60. The van der Waals surface area contributed by atoms with Crippen molar-refractivity contribution in [2.24, 2.45) is 0 Å². The Kier molecular flexibility index (Phi) is 3.57. The Bertz CT molecular complexity index is 821. The van der Waals surface area contributed by atoms with Gasteiger partial charge in [0.25, 0.3) is 0 Å². The maximum atomic E-state index is 9.17. The minimum atomic E-state index is 0.663. The van der Waals surface area contributed by atoms with Crippen LogP contribution in [0.2, 0.25) is 0 Å². The minimum Gasteiger partial charge on any atom is -0.456 e. The third-order valence-electron chi connectivity index (χ3n) is 3.06. The monoisotopic (exact) mass is 371 g/mol. The quantitative estimate of drug-likeness (QED) is 0.587. The van der Waals surface area contributed by atoms with Gasteiger partial charge < -0.3 is 4.74 Å². The van der Waals surface area contributed by atoms with Crippen molar-refractivity contribution in [1.82, 2.24) is 0 Å². The van der Waals surface area contributed by atoms with Crippen molar-refractivity contribution in [2.45, 2.75) is 0 Å². The van der Waals surface area contributed by atoms with E-state index >= 15 is 0 Å². The van der Waals surface area contributed by atoms with Crippen LogP contribution in [0.1, 0.15) is 5.56 Å². The first-order valence-corrected chi connectivity index (χ1v) is 7.21. The van der Waals surface area contributed by atoms with Gasteiger partial charge >= 0.3 is 0 Å². The first-order valence-electron chi connectivity index (χ1n) is 6.14. The molecule has 3 heteroatoms. The molecule has 0 saturated carbocycles. The number of hydrogen-bond donors (Lipinski definition) is 0.